The highest BCUT2D eigenvalue weighted by Gasteiger charge is 2.21. The third-order valence-electron chi connectivity index (χ3n) is 3.04. The van der Waals surface area contributed by atoms with E-state index in [1.54, 1.807) is 0 Å². The number of benzene rings is 1. The minimum Gasteiger partial charge on any atom is -0.467 e. The molecule has 0 radical (unpaired) electrons. The van der Waals surface area contributed by atoms with E-state index < -0.39 is 0 Å². The maximum atomic E-state index is 5.72. The van der Waals surface area contributed by atoms with Gasteiger partial charge in [0.2, 0.25) is 0 Å². The number of rotatable bonds is 5. The second-order valence-corrected chi connectivity index (χ2v) is 5.82. The number of hydrogen-bond donors (Lipinski definition) is 0. The van der Waals surface area contributed by atoms with Crippen LogP contribution in [0, 0.1) is 5.92 Å². The zero-order valence-electron chi connectivity index (χ0n) is 11.0. The van der Waals surface area contributed by atoms with Crippen molar-refractivity contribution in [1.29, 1.82) is 0 Å². The summed E-state index contributed by atoms with van der Waals surface area (Å²) in [6, 6.07) is 8.20. The van der Waals surface area contributed by atoms with Gasteiger partial charge >= 0.3 is 0 Å². The second-order valence-electron chi connectivity index (χ2n) is 5.82. The predicted molar refractivity (Wildman–Crippen MR) is 69.3 cm³/mol. The van der Waals surface area contributed by atoms with E-state index in [-0.39, 0.29) is 5.41 Å². The molecule has 0 bridgehead atoms. The van der Waals surface area contributed by atoms with Crippen LogP contribution in [0.2, 0.25) is 0 Å². The van der Waals surface area contributed by atoms with Crippen LogP contribution in [0.25, 0.3) is 0 Å². The Bertz CT molecular complexity index is 361. The van der Waals surface area contributed by atoms with Crippen molar-refractivity contribution in [2.75, 3.05) is 13.4 Å². The Hall–Kier alpha value is -1.02. The minimum absolute atomic E-state index is 0.104. The molecular formula is C15H22O2. The Kier molecular flexibility index (Phi) is 3.72. The largest absolute Gasteiger partial charge is 0.467 e. The van der Waals surface area contributed by atoms with Gasteiger partial charge in [-0.2, -0.15) is 0 Å². The molecule has 0 saturated heterocycles. The van der Waals surface area contributed by atoms with E-state index >= 15 is 0 Å². The lowest BCUT2D eigenvalue weighted by atomic mass is 9.86. The molecule has 1 fully saturated rings. The lowest BCUT2D eigenvalue weighted by molar-refractivity contribution is 0.00905. The van der Waals surface area contributed by atoms with E-state index in [1.165, 1.54) is 18.4 Å². The van der Waals surface area contributed by atoms with Crippen LogP contribution in [0.1, 0.15) is 39.2 Å². The molecule has 0 aliphatic heterocycles. The van der Waals surface area contributed by atoms with Crippen molar-refractivity contribution >= 4 is 0 Å². The molecule has 1 saturated carbocycles. The van der Waals surface area contributed by atoms with Crippen molar-refractivity contribution in [3.8, 4) is 5.75 Å². The Morgan fingerprint density at radius 2 is 1.88 bits per heavy atom. The van der Waals surface area contributed by atoms with Gasteiger partial charge in [0.1, 0.15) is 5.75 Å². The fourth-order valence-corrected chi connectivity index (χ4v) is 1.82. The van der Waals surface area contributed by atoms with Crippen LogP contribution in [0.3, 0.4) is 0 Å². The van der Waals surface area contributed by atoms with Crippen molar-refractivity contribution < 1.29 is 9.47 Å². The van der Waals surface area contributed by atoms with Crippen molar-refractivity contribution in [2.24, 2.45) is 5.92 Å². The first-order valence-corrected chi connectivity index (χ1v) is 6.37. The average Bonchev–Trinajstić information content (AvgIpc) is 3.07. The highest BCUT2D eigenvalue weighted by Crippen LogP contribution is 2.31. The lowest BCUT2D eigenvalue weighted by Crippen LogP contribution is -2.14. The zero-order chi connectivity index (χ0) is 12.3. The van der Waals surface area contributed by atoms with E-state index in [9.17, 15) is 0 Å². The molecule has 2 nitrogen and oxygen atoms in total. The summed E-state index contributed by atoms with van der Waals surface area (Å²) in [6.45, 7) is 7.79. The van der Waals surface area contributed by atoms with Gasteiger partial charge in [-0.3, -0.25) is 0 Å². The monoisotopic (exact) mass is 234 g/mol. The highest BCUT2D eigenvalue weighted by atomic mass is 16.7. The molecule has 0 amide bonds. The third kappa shape index (κ3) is 3.74. The molecule has 0 spiro atoms. The number of para-hydroxylation sites is 1. The molecule has 1 aliphatic rings. The van der Waals surface area contributed by atoms with Crippen molar-refractivity contribution in [1.82, 2.24) is 0 Å². The molecule has 2 heteroatoms. The molecule has 94 valence electrons. The first kappa shape index (κ1) is 12.4. The molecule has 17 heavy (non-hydrogen) atoms. The maximum absolute atomic E-state index is 5.72. The normalized spacial score (nSPS) is 15.9. The molecule has 1 aromatic rings. The summed E-state index contributed by atoms with van der Waals surface area (Å²) in [5.41, 5.74) is 1.34. The van der Waals surface area contributed by atoms with Crippen molar-refractivity contribution in [3.05, 3.63) is 29.8 Å². The Morgan fingerprint density at radius 3 is 2.53 bits per heavy atom. The summed E-state index contributed by atoms with van der Waals surface area (Å²) in [4.78, 5) is 0. The summed E-state index contributed by atoms with van der Waals surface area (Å²) in [5, 5.41) is 0. The van der Waals surface area contributed by atoms with Gasteiger partial charge in [-0.25, -0.2) is 0 Å². The quantitative estimate of drug-likeness (QED) is 0.570. The lowest BCUT2D eigenvalue weighted by Gasteiger charge is -2.22. The van der Waals surface area contributed by atoms with E-state index in [1.807, 2.05) is 12.1 Å². The molecule has 1 aliphatic carbocycles. The van der Waals surface area contributed by atoms with Crippen LogP contribution in [-0.2, 0) is 10.2 Å². The van der Waals surface area contributed by atoms with Crippen LogP contribution in [-0.4, -0.2) is 13.4 Å². The van der Waals surface area contributed by atoms with Crippen molar-refractivity contribution in [2.45, 2.75) is 39.0 Å². The Labute approximate surface area is 104 Å². The van der Waals surface area contributed by atoms with Gasteiger partial charge < -0.3 is 9.47 Å². The van der Waals surface area contributed by atoms with Gasteiger partial charge in [0.05, 0.1) is 6.61 Å². The minimum atomic E-state index is 0.104. The van der Waals surface area contributed by atoms with Gasteiger partial charge in [-0.05, 0) is 35.8 Å². The number of ether oxygens (including phenoxy) is 2. The van der Waals surface area contributed by atoms with Crippen LogP contribution in [0.4, 0.5) is 0 Å². The van der Waals surface area contributed by atoms with E-state index in [4.69, 9.17) is 9.47 Å². The Balaban J connectivity index is 1.89. The first-order chi connectivity index (χ1) is 8.07. The van der Waals surface area contributed by atoms with E-state index in [0.29, 0.717) is 6.79 Å². The van der Waals surface area contributed by atoms with Gasteiger partial charge in [0.25, 0.3) is 0 Å². The van der Waals surface area contributed by atoms with Gasteiger partial charge in [-0.15, -0.1) is 0 Å². The summed E-state index contributed by atoms with van der Waals surface area (Å²) in [5.74, 6) is 1.73. The van der Waals surface area contributed by atoms with Crippen LogP contribution in [0.5, 0.6) is 5.75 Å². The maximum Gasteiger partial charge on any atom is 0.189 e. The molecule has 1 aromatic carbocycles. The van der Waals surface area contributed by atoms with E-state index in [2.05, 4.69) is 32.9 Å². The number of hydrogen-bond acceptors (Lipinski definition) is 2. The molecule has 0 aromatic heterocycles. The van der Waals surface area contributed by atoms with Crippen molar-refractivity contribution in [3.63, 3.8) is 0 Å². The third-order valence-corrected chi connectivity index (χ3v) is 3.04. The average molecular weight is 234 g/mol. The van der Waals surface area contributed by atoms with Crippen LogP contribution < -0.4 is 4.74 Å². The van der Waals surface area contributed by atoms with Gasteiger partial charge in [0.15, 0.2) is 6.79 Å². The summed E-state index contributed by atoms with van der Waals surface area (Å²) >= 11 is 0. The second kappa shape index (κ2) is 5.09. The fourth-order valence-electron chi connectivity index (χ4n) is 1.82. The van der Waals surface area contributed by atoms with E-state index in [0.717, 1.165) is 18.3 Å². The highest BCUT2D eigenvalue weighted by molar-refractivity contribution is 5.38. The van der Waals surface area contributed by atoms with Crippen LogP contribution in [0.15, 0.2) is 24.3 Å². The standard InChI is InChI=1S/C15H22O2/c1-15(2,3)13-6-4-5-7-14(13)17-11-16-10-12-8-9-12/h4-7,12H,8-11H2,1-3H3. The first-order valence-electron chi connectivity index (χ1n) is 6.37. The fraction of sp³-hybridized carbons (Fsp3) is 0.600. The smallest absolute Gasteiger partial charge is 0.189 e. The SMILES string of the molecule is CC(C)(C)c1ccccc1OCOCC1CC1. The molecule has 0 atom stereocenters. The summed E-state index contributed by atoms with van der Waals surface area (Å²) in [6.07, 6.45) is 2.64. The van der Waals surface area contributed by atoms with Gasteiger partial charge in [0, 0.05) is 0 Å². The predicted octanol–water partition coefficient (Wildman–Crippen LogP) is 3.75. The summed E-state index contributed by atoms with van der Waals surface area (Å²) in [7, 11) is 0. The molecule has 2 rings (SSSR count). The van der Waals surface area contributed by atoms with Crippen LogP contribution >= 0.6 is 0 Å². The zero-order valence-corrected chi connectivity index (χ0v) is 11.0. The molecule has 0 heterocycles. The topological polar surface area (TPSA) is 18.5 Å². The Morgan fingerprint density at radius 1 is 1.18 bits per heavy atom. The molecule has 0 unspecified atom stereocenters. The molecular weight excluding hydrogens is 212 g/mol. The molecule has 0 N–H and O–H groups in total. The summed E-state index contributed by atoms with van der Waals surface area (Å²) < 4.78 is 11.2. The van der Waals surface area contributed by atoms with Gasteiger partial charge in [-0.1, -0.05) is 39.0 Å².